The first-order valence-corrected chi connectivity index (χ1v) is 10.5. The van der Waals surface area contributed by atoms with E-state index in [9.17, 15) is 4.79 Å². The zero-order valence-corrected chi connectivity index (χ0v) is 18.1. The number of nitrogens with zero attached hydrogens (tertiary/aromatic N) is 4. The fourth-order valence-electron chi connectivity index (χ4n) is 3.57. The number of nitrogens with one attached hydrogen (secondary N) is 1. The zero-order chi connectivity index (χ0) is 21.8. The van der Waals surface area contributed by atoms with Gasteiger partial charge in [-0.25, -0.2) is 4.98 Å². The molecule has 0 radical (unpaired) electrons. The number of carbonyl (C=O) groups is 1. The summed E-state index contributed by atoms with van der Waals surface area (Å²) in [5.41, 5.74) is 2.49. The number of fused-ring (bicyclic) bond motifs is 1. The third-order valence-corrected chi connectivity index (χ3v) is 5.19. The van der Waals surface area contributed by atoms with Gasteiger partial charge in [0.2, 0.25) is 0 Å². The largest absolute Gasteiger partial charge is 0.490 e. The summed E-state index contributed by atoms with van der Waals surface area (Å²) < 4.78 is 13.1. The van der Waals surface area contributed by atoms with E-state index in [4.69, 9.17) is 9.47 Å². The van der Waals surface area contributed by atoms with Crippen molar-refractivity contribution in [3.05, 3.63) is 48.3 Å². The summed E-state index contributed by atoms with van der Waals surface area (Å²) in [6.07, 6.45) is 4.23. The summed E-state index contributed by atoms with van der Waals surface area (Å²) >= 11 is 0. The first-order chi connectivity index (χ1) is 15.1. The Morgan fingerprint density at radius 2 is 1.90 bits per heavy atom. The number of rotatable bonds is 6. The molecule has 8 nitrogen and oxygen atoms in total. The summed E-state index contributed by atoms with van der Waals surface area (Å²) in [6.45, 7) is 7.16. The number of pyridine rings is 1. The molecule has 1 aliphatic heterocycles. The fraction of sp³-hybridized carbons (Fsp3) is 0.348. The third kappa shape index (κ3) is 4.47. The number of aromatic nitrogens is 3. The Morgan fingerprint density at radius 1 is 1.13 bits per heavy atom. The quantitative estimate of drug-likeness (QED) is 0.653. The molecule has 0 atom stereocenters. The van der Waals surface area contributed by atoms with E-state index in [1.54, 1.807) is 24.1 Å². The summed E-state index contributed by atoms with van der Waals surface area (Å²) in [5, 5.41) is 7.44. The van der Waals surface area contributed by atoms with Crippen molar-refractivity contribution in [1.82, 2.24) is 14.8 Å². The molecule has 1 N–H and O–H groups in total. The maximum absolute atomic E-state index is 13.0. The molecule has 0 saturated heterocycles. The molecule has 3 heterocycles. The minimum Gasteiger partial charge on any atom is -0.490 e. The van der Waals surface area contributed by atoms with E-state index in [0.717, 1.165) is 30.9 Å². The van der Waals surface area contributed by atoms with Crippen molar-refractivity contribution < 1.29 is 14.3 Å². The SMILES string of the molecule is CCN(CC)c1ccc(NC(=O)c2cn(C)nc2-c2ccc3c(c2)OCCCO3)cn1. The highest BCUT2D eigenvalue weighted by Crippen LogP contribution is 2.35. The fourth-order valence-corrected chi connectivity index (χ4v) is 3.57. The normalized spacial score (nSPS) is 12.9. The Morgan fingerprint density at radius 3 is 2.61 bits per heavy atom. The van der Waals surface area contributed by atoms with E-state index in [1.165, 1.54) is 0 Å². The minimum atomic E-state index is -0.243. The zero-order valence-electron chi connectivity index (χ0n) is 18.1. The molecule has 8 heteroatoms. The van der Waals surface area contributed by atoms with Crippen LogP contribution in [0.5, 0.6) is 11.5 Å². The molecule has 1 aliphatic rings. The van der Waals surface area contributed by atoms with E-state index in [-0.39, 0.29) is 5.91 Å². The highest BCUT2D eigenvalue weighted by molar-refractivity contribution is 6.08. The maximum atomic E-state index is 13.0. The Labute approximate surface area is 181 Å². The Hall–Kier alpha value is -3.55. The van der Waals surface area contributed by atoms with Crippen molar-refractivity contribution in [2.75, 3.05) is 36.5 Å². The van der Waals surface area contributed by atoms with Crippen LogP contribution in [-0.2, 0) is 7.05 Å². The molecule has 0 bridgehead atoms. The molecule has 4 rings (SSSR count). The Balaban J connectivity index is 1.57. The van der Waals surface area contributed by atoms with Crippen LogP contribution in [0.3, 0.4) is 0 Å². The summed E-state index contributed by atoms with van der Waals surface area (Å²) in [6, 6.07) is 9.41. The number of hydrogen-bond donors (Lipinski definition) is 1. The molecule has 0 fully saturated rings. The van der Waals surface area contributed by atoms with Gasteiger partial charge in [-0.15, -0.1) is 0 Å². The molecule has 31 heavy (non-hydrogen) atoms. The smallest absolute Gasteiger partial charge is 0.259 e. The van der Waals surface area contributed by atoms with Crippen LogP contribution in [0.25, 0.3) is 11.3 Å². The average molecular weight is 422 g/mol. The van der Waals surface area contributed by atoms with Crippen LogP contribution in [0.4, 0.5) is 11.5 Å². The topological polar surface area (TPSA) is 81.5 Å². The number of aryl methyl sites for hydroxylation is 1. The van der Waals surface area contributed by atoms with E-state index in [0.29, 0.717) is 41.7 Å². The number of ether oxygens (including phenoxy) is 2. The lowest BCUT2D eigenvalue weighted by molar-refractivity contribution is 0.102. The van der Waals surface area contributed by atoms with Gasteiger partial charge in [-0.3, -0.25) is 9.48 Å². The summed E-state index contributed by atoms with van der Waals surface area (Å²) in [7, 11) is 1.80. The molecule has 162 valence electrons. The number of carbonyl (C=O) groups excluding carboxylic acids is 1. The molecular weight excluding hydrogens is 394 g/mol. The van der Waals surface area contributed by atoms with Crippen LogP contribution in [-0.4, -0.2) is 47.0 Å². The highest BCUT2D eigenvalue weighted by Gasteiger charge is 2.20. The Kier molecular flexibility index (Phi) is 6.06. The van der Waals surface area contributed by atoms with Crippen molar-refractivity contribution >= 4 is 17.4 Å². The van der Waals surface area contributed by atoms with E-state index in [1.807, 2.05) is 30.3 Å². The van der Waals surface area contributed by atoms with Crippen LogP contribution < -0.4 is 19.7 Å². The predicted octanol–water partition coefficient (Wildman–Crippen LogP) is 3.74. The molecule has 1 aromatic carbocycles. The van der Waals surface area contributed by atoms with Gasteiger partial charge in [-0.1, -0.05) is 0 Å². The average Bonchev–Trinajstić information content (AvgIpc) is 3.02. The number of amides is 1. The predicted molar refractivity (Wildman–Crippen MR) is 120 cm³/mol. The van der Waals surface area contributed by atoms with Crippen LogP contribution in [0, 0.1) is 0 Å². The van der Waals surface area contributed by atoms with Crippen molar-refractivity contribution in [1.29, 1.82) is 0 Å². The van der Waals surface area contributed by atoms with Gasteiger partial charge < -0.3 is 19.7 Å². The van der Waals surface area contributed by atoms with Gasteiger partial charge in [0.05, 0.1) is 30.7 Å². The minimum absolute atomic E-state index is 0.243. The standard InChI is InChI=1S/C23H27N5O3/c1-4-28(5-2)21-10-8-17(14-24-21)25-23(29)18-15-27(3)26-22(18)16-7-9-19-20(13-16)31-12-6-11-30-19/h7-10,13-15H,4-6,11-12H2,1-3H3,(H,25,29). The van der Waals surface area contributed by atoms with Gasteiger partial charge in [0.15, 0.2) is 11.5 Å². The monoisotopic (exact) mass is 421 g/mol. The molecule has 2 aromatic heterocycles. The maximum Gasteiger partial charge on any atom is 0.259 e. The van der Waals surface area contributed by atoms with Crippen molar-refractivity contribution in [3.63, 3.8) is 0 Å². The van der Waals surface area contributed by atoms with Crippen LogP contribution in [0.2, 0.25) is 0 Å². The third-order valence-electron chi connectivity index (χ3n) is 5.19. The molecule has 0 unspecified atom stereocenters. The van der Waals surface area contributed by atoms with E-state index < -0.39 is 0 Å². The molecule has 1 amide bonds. The van der Waals surface area contributed by atoms with Gasteiger partial charge in [0.1, 0.15) is 11.5 Å². The molecular formula is C23H27N5O3. The van der Waals surface area contributed by atoms with Crippen molar-refractivity contribution in [2.45, 2.75) is 20.3 Å². The molecule has 0 spiro atoms. The number of anilines is 2. The second-order valence-corrected chi connectivity index (χ2v) is 7.31. The summed E-state index contributed by atoms with van der Waals surface area (Å²) in [4.78, 5) is 19.7. The first kappa shape index (κ1) is 20.7. The highest BCUT2D eigenvalue weighted by atomic mass is 16.5. The lowest BCUT2D eigenvalue weighted by atomic mass is 10.1. The second-order valence-electron chi connectivity index (χ2n) is 7.31. The number of benzene rings is 1. The first-order valence-electron chi connectivity index (χ1n) is 10.5. The lowest BCUT2D eigenvalue weighted by Gasteiger charge is -2.19. The number of hydrogen-bond acceptors (Lipinski definition) is 6. The van der Waals surface area contributed by atoms with E-state index >= 15 is 0 Å². The van der Waals surface area contributed by atoms with Crippen LogP contribution in [0.1, 0.15) is 30.6 Å². The second kappa shape index (κ2) is 9.07. The van der Waals surface area contributed by atoms with Crippen LogP contribution >= 0.6 is 0 Å². The Bertz CT molecular complexity index is 1060. The van der Waals surface area contributed by atoms with Gasteiger partial charge in [-0.2, -0.15) is 5.10 Å². The van der Waals surface area contributed by atoms with Gasteiger partial charge in [0.25, 0.3) is 5.91 Å². The molecule has 3 aromatic rings. The van der Waals surface area contributed by atoms with Crippen LogP contribution in [0.15, 0.2) is 42.7 Å². The summed E-state index contributed by atoms with van der Waals surface area (Å²) in [5.74, 6) is 2.02. The van der Waals surface area contributed by atoms with Crippen molar-refractivity contribution in [2.24, 2.45) is 7.05 Å². The lowest BCUT2D eigenvalue weighted by Crippen LogP contribution is -2.22. The molecule has 0 aliphatic carbocycles. The molecule has 0 saturated carbocycles. The van der Waals surface area contributed by atoms with Gasteiger partial charge in [0, 0.05) is 38.3 Å². The van der Waals surface area contributed by atoms with E-state index in [2.05, 4.69) is 34.1 Å². The van der Waals surface area contributed by atoms with Gasteiger partial charge >= 0.3 is 0 Å². The van der Waals surface area contributed by atoms with Crippen molar-refractivity contribution in [3.8, 4) is 22.8 Å². The van der Waals surface area contributed by atoms with Gasteiger partial charge in [-0.05, 0) is 44.2 Å².